The molecule has 0 bridgehead atoms. The minimum atomic E-state index is -7.34. The lowest BCUT2D eigenvalue weighted by atomic mass is 9.96. The summed E-state index contributed by atoms with van der Waals surface area (Å²) in [5, 5.41) is 0. The molecular formula is C8H7F11O. The standard InChI is InChI=1S/C8H7F11O/c1-20-3-2-4(9,10)5(11,12)6(13,14)7(15,16)8(17,18)19/h2-3H2,1H3. The van der Waals surface area contributed by atoms with Gasteiger partial charge in [0.2, 0.25) is 0 Å². The van der Waals surface area contributed by atoms with E-state index in [1.807, 2.05) is 0 Å². The molecule has 0 saturated heterocycles. The van der Waals surface area contributed by atoms with Crippen LogP contribution in [0, 0.1) is 0 Å². The molecule has 0 aliphatic heterocycles. The zero-order valence-corrected chi connectivity index (χ0v) is 9.48. The highest BCUT2D eigenvalue weighted by atomic mass is 19.4. The van der Waals surface area contributed by atoms with Gasteiger partial charge in [0.15, 0.2) is 0 Å². The molecule has 0 unspecified atom stereocenters. The Morgan fingerprint density at radius 3 is 1.35 bits per heavy atom. The molecule has 0 aliphatic rings. The fourth-order valence-corrected chi connectivity index (χ4v) is 0.992. The highest BCUT2D eigenvalue weighted by Gasteiger charge is 2.86. The molecular weight excluding hydrogens is 321 g/mol. The third kappa shape index (κ3) is 2.79. The van der Waals surface area contributed by atoms with Crippen molar-refractivity contribution in [2.45, 2.75) is 36.3 Å². The third-order valence-corrected chi connectivity index (χ3v) is 2.22. The molecule has 0 aromatic rings. The number of hydrogen-bond acceptors (Lipinski definition) is 1. The second-order valence-electron chi connectivity index (χ2n) is 3.67. The van der Waals surface area contributed by atoms with Crippen LogP contribution in [0.25, 0.3) is 0 Å². The van der Waals surface area contributed by atoms with Crippen molar-refractivity contribution >= 4 is 0 Å². The molecule has 0 spiro atoms. The minimum absolute atomic E-state index is 0.705. The maximum Gasteiger partial charge on any atom is 0.460 e. The predicted molar refractivity (Wildman–Crippen MR) is 42.3 cm³/mol. The molecule has 0 saturated carbocycles. The van der Waals surface area contributed by atoms with Gasteiger partial charge < -0.3 is 4.74 Å². The van der Waals surface area contributed by atoms with Crippen molar-refractivity contribution in [1.82, 2.24) is 0 Å². The van der Waals surface area contributed by atoms with Crippen molar-refractivity contribution in [2.24, 2.45) is 0 Å². The van der Waals surface area contributed by atoms with Gasteiger partial charge in [-0.1, -0.05) is 0 Å². The van der Waals surface area contributed by atoms with Gasteiger partial charge in [0.25, 0.3) is 0 Å². The van der Waals surface area contributed by atoms with Crippen molar-refractivity contribution in [1.29, 1.82) is 0 Å². The lowest BCUT2D eigenvalue weighted by Gasteiger charge is -2.37. The van der Waals surface area contributed by atoms with Crippen LogP contribution in [0.15, 0.2) is 0 Å². The van der Waals surface area contributed by atoms with E-state index in [0.29, 0.717) is 7.11 Å². The average Bonchev–Trinajstić information content (AvgIpc) is 2.24. The molecule has 0 N–H and O–H groups in total. The molecule has 0 fully saturated rings. The van der Waals surface area contributed by atoms with Gasteiger partial charge in [-0.3, -0.25) is 0 Å². The van der Waals surface area contributed by atoms with Crippen LogP contribution in [0.2, 0.25) is 0 Å². The van der Waals surface area contributed by atoms with Crippen LogP contribution in [0.3, 0.4) is 0 Å². The number of halogens is 11. The smallest absolute Gasteiger partial charge is 0.384 e. The van der Waals surface area contributed by atoms with Gasteiger partial charge in [-0.2, -0.15) is 48.3 Å². The molecule has 1 nitrogen and oxygen atoms in total. The van der Waals surface area contributed by atoms with Crippen LogP contribution >= 0.6 is 0 Å². The van der Waals surface area contributed by atoms with Crippen LogP contribution in [0.1, 0.15) is 6.42 Å². The Balaban J connectivity index is 5.68. The Labute approximate surface area is 104 Å². The van der Waals surface area contributed by atoms with E-state index in [1.165, 1.54) is 0 Å². The molecule has 0 aliphatic carbocycles. The van der Waals surface area contributed by atoms with Crippen LogP contribution in [0.4, 0.5) is 48.3 Å². The Kier molecular flexibility index (Phi) is 4.98. The molecule has 0 radical (unpaired) electrons. The summed E-state index contributed by atoms with van der Waals surface area (Å²) in [5.41, 5.74) is 0. The molecule has 0 rings (SSSR count). The van der Waals surface area contributed by atoms with Crippen molar-refractivity contribution in [2.75, 3.05) is 13.7 Å². The summed E-state index contributed by atoms with van der Waals surface area (Å²) in [6.07, 6.45) is -9.29. The summed E-state index contributed by atoms with van der Waals surface area (Å²) in [6.45, 7) is -1.25. The molecule has 0 atom stereocenters. The number of alkyl halides is 11. The largest absolute Gasteiger partial charge is 0.460 e. The van der Waals surface area contributed by atoms with Crippen LogP contribution in [0.5, 0.6) is 0 Å². The van der Waals surface area contributed by atoms with E-state index < -0.39 is 42.9 Å². The molecule has 0 aromatic carbocycles. The van der Waals surface area contributed by atoms with E-state index in [4.69, 9.17) is 0 Å². The maximum atomic E-state index is 12.8. The van der Waals surface area contributed by atoms with Crippen molar-refractivity contribution < 1.29 is 53.0 Å². The SMILES string of the molecule is COCCC(F)(F)C(F)(F)C(F)(F)C(F)(F)C(F)(F)F. The summed E-state index contributed by atoms with van der Waals surface area (Å²) < 4.78 is 140. The Morgan fingerprint density at radius 1 is 0.650 bits per heavy atom. The minimum Gasteiger partial charge on any atom is -0.384 e. The predicted octanol–water partition coefficient (Wildman–Crippen LogP) is 4.13. The summed E-state index contributed by atoms with van der Waals surface area (Å²) >= 11 is 0. The van der Waals surface area contributed by atoms with Crippen molar-refractivity contribution in [3.63, 3.8) is 0 Å². The number of methoxy groups -OCH3 is 1. The third-order valence-electron chi connectivity index (χ3n) is 2.22. The molecule has 122 valence electrons. The fraction of sp³-hybridized carbons (Fsp3) is 1.00. The molecule has 0 aromatic heterocycles. The first kappa shape index (κ1) is 19.2. The molecule has 0 amide bonds. The first-order valence-corrected chi connectivity index (χ1v) is 4.63. The maximum absolute atomic E-state index is 12.8. The molecule has 20 heavy (non-hydrogen) atoms. The summed E-state index contributed by atoms with van der Waals surface area (Å²) in [7, 11) is 0.705. The molecule has 12 heteroatoms. The fourth-order valence-electron chi connectivity index (χ4n) is 0.992. The van der Waals surface area contributed by atoms with Gasteiger partial charge >= 0.3 is 29.9 Å². The van der Waals surface area contributed by atoms with E-state index >= 15 is 0 Å². The zero-order chi connectivity index (χ0) is 16.6. The van der Waals surface area contributed by atoms with E-state index in [1.54, 1.807) is 0 Å². The number of ether oxygens (including phenoxy) is 1. The highest BCUT2D eigenvalue weighted by molar-refractivity contribution is 5.06. The lowest BCUT2D eigenvalue weighted by molar-refractivity contribution is -0.422. The van der Waals surface area contributed by atoms with Gasteiger partial charge in [0, 0.05) is 13.5 Å². The first-order valence-electron chi connectivity index (χ1n) is 4.63. The van der Waals surface area contributed by atoms with Crippen LogP contribution < -0.4 is 0 Å². The van der Waals surface area contributed by atoms with Gasteiger partial charge in [-0.25, -0.2) is 0 Å². The van der Waals surface area contributed by atoms with Crippen molar-refractivity contribution in [3.05, 3.63) is 0 Å². The average molecular weight is 328 g/mol. The normalized spacial score (nSPS) is 15.6. The summed E-state index contributed by atoms with van der Waals surface area (Å²) in [4.78, 5) is 0. The van der Waals surface area contributed by atoms with Gasteiger partial charge in [0.1, 0.15) is 0 Å². The highest BCUT2D eigenvalue weighted by Crippen LogP contribution is 2.57. The van der Waals surface area contributed by atoms with Gasteiger partial charge in [-0.05, 0) is 0 Å². The van der Waals surface area contributed by atoms with Crippen molar-refractivity contribution in [3.8, 4) is 0 Å². The van der Waals surface area contributed by atoms with Crippen LogP contribution in [-0.2, 0) is 4.74 Å². The Bertz CT molecular complexity index is 332. The second-order valence-corrected chi connectivity index (χ2v) is 3.67. The Morgan fingerprint density at radius 2 is 1.05 bits per heavy atom. The summed E-state index contributed by atoms with van der Waals surface area (Å²) in [6, 6.07) is 0. The van der Waals surface area contributed by atoms with E-state index in [-0.39, 0.29) is 0 Å². The van der Waals surface area contributed by atoms with E-state index in [2.05, 4.69) is 4.74 Å². The Hall–Kier alpha value is -0.810. The lowest BCUT2D eigenvalue weighted by Crippen LogP contribution is -2.66. The van der Waals surface area contributed by atoms with Gasteiger partial charge in [-0.15, -0.1) is 0 Å². The van der Waals surface area contributed by atoms with Gasteiger partial charge in [0.05, 0.1) is 6.61 Å². The van der Waals surface area contributed by atoms with E-state index in [0.717, 1.165) is 0 Å². The second kappa shape index (κ2) is 5.19. The quantitative estimate of drug-likeness (QED) is 0.666. The van der Waals surface area contributed by atoms with E-state index in [9.17, 15) is 48.3 Å². The summed E-state index contributed by atoms with van der Waals surface area (Å²) in [5.74, 6) is -27.4. The number of hydrogen-bond donors (Lipinski definition) is 0. The zero-order valence-electron chi connectivity index (χ0n) is 9.48. The monoisotopic (exact) mass is 328 g/mol. The first-order chi connectivity index (χ1) is 8.56. The van der Waals surface area contributed by atoms with Crippen LogP contribution in [-0.4, -0.2) is 43.6 Å². The molecule has 0 heterocycles. The topological polar surface area (TPSA) is 9.23 Å². The number of rotatable bonds is 6.